The standard InChI is InChI=1S/C19H27NO2/c21-13-18-8-4-3-7-17(18)12-20-19(22)16-10-9-14-5-1-2-6-15(14)11-16/h3-4,7-8,14-16,21H,1-2,5-6,9-13H2,(H,20,22). The van der Waals surface area contributed by atoms with Crippen LogP contribution in [0, 0.1) is 17.8 Å². The maximum Gasteiger partial charge on any atom is 0.223 e. The van der Waals surface area contributed by atoms with Crippen molar-refractivity contribution < 1.29 is 9.90 Å². The smallest absolute Gasteiger partial charge is 0.223 e. The number of carbonyl (C=O) groups excluding carboxylic acids is 1. The minimum absolute atomic E-state index is 0.0270. The van der Waals surface area contributed by atoms with Crippen molar-refractivity contribution in [3.63, 3.8) is 0 Å². The molecule has 3 heteroatoms. The molecular formula is C19H27NO2. The van der Waals surface area contributed by atoms with E-state index in [-0.39, 0.29) is 18.4 Å². The summed E-state index contributed by atoms with van der Waals surface area (Å²) in [7, 11) is 0. The summed E-state index contributed by atoms with van der Waals surface area (Å²) in [4.78, 5) is 12.5. The predicted octanol–water partition coefficient (Wildman–Crippen LogP) is 3.40. The molecule has 3 atom stereocenters. The van der Waals surface area contributed by atoms with Gasteiger partial charge in [-0.25, -0.2) is 0 Å². The summed E-state index contributed by atoms with van der Waals surface area (Å²) in [6.45, 7) is 0.555. The maximum atomic E-state index is 12.5. The number of carbonyl (C=O) groups is 1. The van der Waals surface area contributed by atoms with Gasteiger partial charge in [-0.05, 0) is 42.2 Å². The summed E-state index contributed by atoms with van der Waals surface area (Å²) in [5.41, 5.74) is 1.92. The van der Waals surface area contributed by atoms with Crippen LogP contribution in [0.3, 0.4) is 0 Å². The molecule has 0 saturated heterocycles. The third-order valence-electron chi connectivity index (χ3n) is 5.65. The first-order valence-corrected chi connectivity index (χ1v) is 8.73. The van der Waals surface area contributed by atoms with Gasteiger partial charge in [0.05, 0.1) is 6.61 Å². The molecule has 1 aromatic carbocycles. The van der Waals surface area contributed by atoms with Crippen molar-refractivity contribution in [3.8, 4) is 0 Å². The van der Waals surface area contributed by atoms with Crippen molar-refractivity contribution >= 4 is 5.91 Å². The van der Waals surface area contributed by atoms with E-state index >= 15 is 0 Å². The quantitative estimate of drug-likeness (QED) is 0.895. The van der Waals surface area contributed by atoms with E-state index in [0.29, 0.717) is 6.54 Å². The fourth-order valence-corrected chi connectivity index (χ4v) is 4.32. The number of benzene rings is 1. The molecule has 120 valence electrons. The minimum Gasteiger partial charge on any atom is -0.392 e. The molecule has 3 nitrogen and oxygen atoms in total. The number of hydrogen-bond donors (Lipinski definition) is 2. The number of hydrogen-bond acceptors (Lipinski definition) is 2. The summed E-state index contributed by atoms with van der Waals surface area (Å²) < 4.78 is 0. The first-order valence-electron chi connectivity index (χ1n) is 8.73. The van der Waals surface area contributed by atoms with Gasteiger partial charge in [-0.1, -0.05) is 49.9 Å². The van der Waals surface area contributed by atoms with Crippen LogP contribution in [0.5, 0.6) is 0 Å². The molecule has 0 radical (unpaired) electrons. The summed E-state index contributed by atoms with van der Waals surface area (Å²) in [5, 5.41) is 12.4. The molecule has 2 N–H and O–H groups in total. The fraction of sp³-hybridized carbons (Fsp3) is 0.632. The summed E-state index contributed by atoms with van der Waals surface area (Å²) >= 11 is 0. The first-order chi connectivity index (χ1) is 10.8. The van der Waals surface area contributed by atoms with Crippen LogP contribution in [0.15, 0.2) is 24.3 Å². The molecule has 3 rings (SSSR count). The van der Waals surface area contributed by atoms with Gasteiger partial charge >= 0.3 is 0 Å². The Morgan fingerprint density at radius 3 is 2.55 bits per heavy atom. The Kier molecular flexibility index (Phi) is 5.14. The van der Waals surface area contributed by atoms with Gasteiger partial charge in [0.25, 0.3) is 0 Å². The lowest BCUT2D eigenvalue weighted by molar-refractivity contribution is -0.127. The molecule has 2 aliphatic carbocycles. The van der Waals surface area contributed by atoms with E-state index < -0.39 is 0 Å². The zero-order valence-corrected chi connectivity index (χ0v) is 13.3. The van der Waals surface area contributed by atoms with Crippen LogP contribution >= 0.6 is 0 Å². The predicted molar refractivity (Wildman–Crippen MR) is 87.0 cm³/mol. The number of fused-ring (bicyclic) bond motifs is 1. The van der Waals surface area contributed by atoms with Gasteiger partial charge < -0.3 is 10.4 Å². The van der Waals surface area contributed by atoms with Gasteiger partial charge in [-0.15, -0.1) is 0 Å². The second kappa shape index (κ2) is 7.28. The normalized spacial score (nSPS) is 28.0. The molecule has 0 aromatic heterocycles. The lowest BCUT2D eigenvalue weighted by Crippen LogP contribution is -2.37. The van der Waals surface area contributed by atoms with Crippen LogP contribution < -0.4 is 5.32 Å². The number of aliphatic hydroxyl groups excluding tert-OH is 1. The van der Waals surface area contributed by atoms with Gasteiger partial charge in [0.2, 0.25) is 5.91 Å². The largest absolute Gasteiger partial charge is 0.392 e. The average molecular weight is 301 g/mol. The van der Waals surface area contributed by atoms with Gasteiger partial charge in [0.15, 0.2) is 0 Å². The second-order valence-electron chi connectivity index (χ2n) is 6.96. The monoisotopic (exact) mass is 301 g/mol. The highest BCUT2D eigenvalue weighted by Crippen LogP contribution is 2.42. The van der Waals surface area contributed by atoms with Crippen LogP contribution in [-0.4, -0.2) is 11.0 Å². The summed E-state index contributed by atoms with van der Waals surface area (Å²) in [6.07, 6.45) is 8.79. The molecule has 2 saturated carbocycles. The highest BCUT2D eigenvalue weighted by molar-refractivity contribution is 5.78. The molecule has 0 spiro atoms. The van der Waals surface area contributed by atoms with Crippen LogP contribution in [0.4, 0.5) is 0 Å². The zero-order chi connectivity index (χ0) is 15.4. The first kappa shape index (κ1) is 15.5. The second-order valence-corrected chi connectivity index (χ2v) is 6.96. The molecule has 0 aliphatic heterocycles. The molecule has 2 fully saturated rings. The summed E-state index contributed by atoms with van der Waals surface area (Å²) in [6, 6.07) is 7.76. The van der Waals surface area contributed by atoms with E-state index in [1.807, 2.05) is 24.3 Å². The molecule has 0 heterocycles. The Labute approximate surface area is 133 Å². The SMILES string of the molecule is O=C(NCc1ccccc1CO)C1CCC2CCCCC2C1. The third-order valence-corrected chi connectivity index (χ3v) is 5.65. The minimum atomic E-state index is 0.0270. The van der Waals surface area contributed by atoms with Crippen LogP contribution in [0.2, 0.25) is 0 Å². The van der Waals surface area contributed by atoms with E-state index in [0.717, 1.165) is 35.8 Å². The molecule has 1 aromatic rings. The van der Waals surface area contributed by atoms with E-state index in [2.05, 4.69) is 5.32 Å². The van der Waals surface area contributed by atoms with Crippen LogP contribution in [0.1, 0.15) is 56.1 Å². The summed E-state index contributed by atoms with van der Waals surface area (Å²) in [5.74, 6) is 2.06. The Morgan fingerprint density at radius 2 is 1.77 bits per heavy atom. The lowest BCUT2D eigenvalue weighted by Gasteiger charge is -2.38. The average Bonchev–Trinajstić information content (AvgIpc) is 2.59. The molecule has 3 unspecified atom stereocenters. The molecule has 1 amide bonds. The van der Waals surface area contributed by atoms with Crippen molar-refractivity contribution in [2.45, 2.75) is 58.1 Å². The molecule has 2 aliphatic rings. The number of aliphatic hydroxyl groups is 1. The molecule has 0 bridgehead atoms. The maximum absolute atomic E-state index is 12.5. The Hall–Kier alpha value is -1.35. The van der Waals surface area contributed by atoms with Crippen molar-refractivity contribution in [3.05, 3.63) is 35.4 Å². The number of rotatable bonds is 4. The Morgan fingerprint density at radius 1 is 1.05 bits per heavy atom. The Bertz CT molecular complexity index is 514. The Balaban J connectivity index is 1.54. The fourth-order valence-electron chi connectivity index (χ4n) is 4.32. The zero-order valence-electron chi connectivity index (χ0n) is 13.3. The van der Waals surface area contributed by atoms with E-state index in [1.165, 1.54) is 32.1 Å². The van der Waals surface area contributed by atoms with E-state index in [9.17, 15) is 9.90 Å². The number of amides is 1. The molecular weight excluding hydrogens is 274 g/mol. The number of nitrogens with one attached hydrogen (secondary N) is 1. The van der Waals surface area contributed by atoms with E-state index in [4.69, 9.17) is 0 Å². The third kappa shape index (κ3) is 3.52. The van der Waals surface area contributed by atoms with Crippen molar-refractivity contribution in [1.29, 1.82) is 0 Å². The van der Waals surface area contributed by atoms with Crippen LogP contribution in [0.25, 0.3) is 0 Å². The van der Waals surface area contributed by atoms with E-state index in [1.54, 1.807) is 0 Å². The van der Waals surface area contributed by atoms with Gasteiger partial charge in [-0.2, -0.15) is 0 Å². The van der Waals surface area contributed by atoms with Crippen LogP contribution in [-0.2, 0) is 17.9 Å². The molecule has 22 heavy (non-hydrogen) atoms. The van der Waals surface area contributed by atoms with Crippen molar-refractivity contribution in [1.82, 2.24) is 5.32 Å². The van der Waals surface area contributed by atoms with Gasteiger partial charge in [0, 0.05) is 12.5 Å². The topological polar surface area (TPSA) is 49.3 Å². The van der Waals surface area contributed by atoms with Crippen molar-refractivity contribution in [2.24, 2.45) is 17.8 Å². The van der Waals surface area contributed by atoms with Gasteiger partial charge in [-0.3, -0.25) is 4.79 Å². The highest BCUT2D eigenvalue weighted by Gasteiger charge is 2.34. The lowest BCUT2D eigenvalue weighted by atomic mass is 9.67. The van der Waals surface area contributed by atoms with Gasteiger partial charge in [0.1, 0.15) is 0 Å². The highest BCUT2D eigenvalue weighted by atomic mass is 16.3. The van der Waals surface area contributed by atoms with Crippen molar-refractivity contribution in [2.75, 3.05) is 0 Å².